The minimum Gasteiger partial charge on any atom is -0.356 e. The number of likely N-dealkylation sites (N-methyl/N-ethyl adjacent to an activating group) is 1. The zero-order chi connectivity index (χ0) is 16.5. The van der Waals surface area contributed by atoms with Gasteiger partial charge in [-0.05, 0) is 32.1 Å². The molecule has 2 rings (SSSR count). The van der Waals surface area contributed by atoms with Gasteiger partial charge in [-0.15, -0.1) is 11.8 Å². The van der Waals surface area contributed by atoms with Crippen LogP contribution >= 0.6 is 11.8 Å². The van der Waals surface area contributed by atoms with Gasteiger partial charge in [0.25, 0.3) is 0 Å². The van der Waals surface area contributed by atoms with Crippen LogP contribution in [0.2, 0.25) is 0 Å². The average molecular weight is 339 g/mol. The first kappa shape index (κ1) is 18.2. The Hall–Kier alpha value is -1.11. The molecule has 1 aliphatic rings. The van der Waals surface area contributed by atoms with Gasteiger partial charge in [0.05, 0.1) is 0 Å². The summed E-state index contributed by atoms with van der Waals surface area (Å²) in [6.45, 7) is 6.24. The minimum atomic E-state index is -0.218. The molecule has 0 atom stereocenters. The molecule has 23 heavy (non-hydrogen) atoms. The third-order valence-electron chi connectivity index (χ3n) is 3.99. The van der Waals surface area contributed by atoms with Crippen molar-refractivity contribution in [3.8, 4) is 0 Å². The maximum absolute atomic E-state index is 13.4. The standard InChI is InChI=1S/C17H26FN3OS/c1-20-10-12-21(13-11-20)9-4-8-19-17(22)7-14-23-16-6-3-2-5-15(16)18/h2-3,5-6H,4,7-14H2,1H3,(H,19,22). The maximum Gasteiger partial charge on any atom is 0.220 e. The lowest BCUT2D eigenvalue weighted by molar-refractivity contribution is -0.120. The number of hydrogen-bond donors (Lipinski definition) is 1. The molecule has 4 nitrogen and oxygen atoms in total. The minimum absolute atomic E-state index is 0.0483. The summed E-state index contributed by atoms with van der Waals surface area (Å²) in [5, 5.41) is 2.95. The Morgan fingerprint density at radius 1 is 1.26 bits per heavy atom. The van der Waals surface area contributed by atoms with Crippen molar-refractivity contribution < 1.29 is 9.18 Å². The van der Waals surface area contributed by atoms with Crippen LogP contribution in [0.4, 0.5) is 4.39 Å². The first-order valence-corrected chi connectivity index (χ1v) is 9.18. The van der Waals surface area contributed by atoms with Crippen LogP contribution in [0.3, 0.4) is 0 Å². The third-order valence-corrected chi connectivity index (χ3v) is 5.04. The van der Waals surface area contributed by atoms with Crippen molar-refractivity contribution in [3.63, 3.8) is 0 Å². The smallest absolute Gasteiger partial charge is 0.220 e. The van der Waals surface area contributed by atoms with Crippen molar-refractivity contribution in [3.05, 3.63) is 30.1 Å². The van der Waals surface area contributed by atoms with Gasteiger partial charge in [0.15, 0.2) is 0 Å². The van der Waals surface area contributed by atoms with Gasteiger partial charge in [0, 0.05) is 49.8 Å². The van der Waals surface area contributed by atoms with Crippen molar-refractivity contribution in [2.45, 2.75) is 17.7 Å². The lowest BCUT2D eigenvalue weighted by Crippen LogP contribution is -2.45. The molecule has 0 saturated carbocycles. The van der Waals surface area contributed by atoms with Crippen molar-refractivity contribution in [1.29, 1.82) is 0 Å². The molecule has 1 saturated heterocycles. The molecule has 1 amide bonds. The van der Waals surface area contributed by atoms with E-state index in [9.17, 15) is 9.18 Å². The summed E-state index contributed by atoms with van der Waals surface area (Å²) in [6, 6.07) is 6.67. The number of halogens is 1. The van der Waals surface area contributed by atoms with E-state index in [0.29, 0.717) is 17.1 Å². The SMILES string of the molecule is CN1CCN(CCCNC(=O)CCSc2ccccc2F)CC1. The number of amides is 1. The Kier molecular flexibility index (Phi) is 7.85. The molecule has 1 N–H and O–H groups in total. The molecule has 1 heterocycles. The van der Waals surface area contributed by atoms with Crippen LogP contribution in [0, 0.1) is 5.82 Å². The first-order valence-electron chi connectivity index (χ1n) is 8.20. The van der Waals surface area contributed by atoms with Crippen LogP contribution < -0.4 is 5.32 Å². The number of piperazine rings is 1. The number of benzene rings is 1. The van der Waals surface area contributed by atoms with Crippen molar-refractivity contribution in [2.24, 2.45) is 0 Å². The van der Waals surface area contributed by atoms with E-state index in [1.165, 1.54) is 17.8 Å². The molecule has 0 aromatic heterocycles. The highest BCUT2D eigenvalue weighted by atomic mass is 32.2. The van der Waals surface area contributed by atoms with Crippen LogP contribution in [-0.4, -0.2) is 67.8 Å². The van der Waals surface area contributed by atoms with E-state index in [0.717, 1.165) is 45.7 Å². The Labute approximate surface area is 142 Å². The van der Waals surface area contributed by atoms with Gasteiger partial charge >= 0.3 is 0 Å². The molecule has 1 aromatic rings. The fourth-order valence-corrected chi connectivity index (χ4v) is 3.39. The molecule has 0 bridgehead atoms. The molecule has 0 unspecified atom stereocenters. The fourth-order valence-electron chi connectivity index (χ4n) is 2.51. The largest absolute Gasteiger partial charge is 0.356 e. The van der Waals surface area contributed by atoms with E-state index in [4.69, 9.17) is 0 Å². The van der Waals surface area contributed by atoms with E-state index >= 15 is 0 Å². The van der Waals surface area contributed by atoms with Crippen molar-refractivity contribution in [2.75, 3.05) is 52.1 Å². The monoisotopic (exact) mass is 339 g/mol. The molecule has 128 valence electrons. The quantitative estimate of drug-likeness (QED) is 0.581. The fraction of sp³-hybridized carbons (Fsp3) is 0.588. The Bertz CT molecular complexity index is 492. The molecule has 1 aliphatic heterocycles. The highest BCUT2D eigenvalue weighted by molar-refractivity contribution is 7.99. The van der Waals surface area contributed by atoms with E-state index in [2.05, 4.69) is 22.2 Å². The van der Waals surface area contributed by atoms with E-state index in [1.807, 2.05) is 6.07 Å². The van der Waals surface area contributed by atoms with Gasteiger partial charge in [0.1, 0.15) is 5.82 Å². The molecule has 0 spiro atoms. The Balaban J connectivity index is 1.51. The van der Waals surface area contributed by atoms with Gasteiger partial charge in [0.2, 0.25) is 5.91 Å². The zero-order valence-electron chi connectivity index (χ0n) is 13.8. The van der Waals surface area contributed by atoms with Gasteiger partial charge in [-0.1, -0.05) is 12.1 Å². The number of rotatable bonds is 8. The number of carbonyl (C=O) groups is 1. The molecule has 0 aliphatic carbocycles. The summed E-state index contributed by atoms with van der Waals surface area (Å²) >= 11 is 1.39. The predicted molar refractivity (Wildman–Crippen MR) is 93.3 cm³/mol. The Morgan fingerprint density at radius 2 is 2.00 bits per heavy atom. The first-order chi connectivity index (χ1) is 11.1. The predicted octanol–water partition coefficient (Wildman–Crippen LogP) is 2.06. The lowest BCUT2D eigenvalue weighted by Gasteiger charge is -2.32. The summed E-state index contributed by atoms with van der Waals surface area (Å²) in [6.07, 6.45) is 1.41. The maximum atomic E-state index is 13.4. The number of nitrogens with one attached hydrogen (secondary N) is 1. The van der Waals surface area contributed by atoms with Gasteiger partial charge in [-0.25, -0.2) is 4.39 Å². The van der Waals surface area contributed by atoms with Crippen LogP contribution in [0.1, 0.15) is 12.8 Å². The number of hydrogen-bond acceptors (Lipinski definition) is 4. The second kappa shape index (κ2) is 9.90. The number of nitrogens with zero attached hydrogens (tertiary/aromatic N) is 2. The van der Waals surface area contributed by atoms with Gasteiger partial charge in [-0.3, -0.25) is 4.79 Å². The van der Waals surface area contributed by atoms with Crippen LogP contribution in [0.25, 0.3) is 0 Å². The lowest BCUT2D eigenvalue weighted by atomic mass is 10.3. The summed E-state index contributed by atoms with van der Waals surface area (Å²) in [5.74, 6) is 0.433. The average Bonchev–Trinajstić information content (AvgIpc) is 2.55. The number of carbonyl (C=O) groups excluding carboxylic acids is 1. The molecular formula is C17H26FN3OS. The van der Waals surface area contributed by atoms with Gasteiger partial charge in [-0.2, -0.15) is 0 Å². The second-order valence-electron chi connectivity index (χ2n) is 5.88. The molecule has 1 aromatic carbocycles. The topological polar surface area (TPSA) is 35.6 Å². The zero-order valence-corrected chi connectivity index (χ0v) is 14.6. The molecule has 1 fully saturated rings. The Morgan fingerprint density at radius 3 is 2.74 bits per heavy atom. The normalized spacial score (nSPS) is 16.4. The van der Waals surface area contributed by atoms with Crippen LogP contribution in [-0.2, 0) is 4.79 Å². The van der Waals surface area contributed by atoms with Crippen molar-refractivity contribution in [1.82, 2.24) is 15.1 Å². The van der Waals surface area contributed by atoms with E-state index < -0.39 is 0 Å². The summed E-state index contributed by atoms with van der Waals surface area (Å²) in [5.41, 5.74) is 0. The second-order valence-corrected chi connectivity index (χ2v) is 7.01. The number of thioether (sulfide) groups is 1. The summed E-state index contributed by atoms with van der Waals surface area (Å²) in [7, 11) is 2.15. The van der Waals surface area contributed by atoms with Gasteiger partial charge < -0.3 is 15.1 Å². The van der Waals surface area contributed by atoms with Crippen molar-refractivity contribution >= 4 is 17.7 Å². The molecule has 0 radical (unpaired) electrons. The summed E-state index contributed by atoms with van der Waals surface area (Å²) in [4.78, 5) is 17.2. The van der Waals surface area contributed by atoms with E-state index in [1.54, 1.807) is 12.1 Å². The highest BCUT2D eigenvalue weighted by Gasteiger charge is 2.12. The van der Waals surface area contributed by atoms with Crippen LogP contribution in [0.5, 0.6) is 0 Å². The molecular weight excluding hydrogens is 313 g/mol. The van der Waals surface area contributed by atoms with E-state index in [-0.39, 0.29) is 11.7 Å². The van der Waals surface area contributed by atoms with Crippen LogP contribution in [0.15, 0.2) is 29.2 Å². The molecule has 6 heteroatoms. The summed E-state index contributed by atoms with van der Waals surface area (Å²) < 4.78 is 13.4. The third kappa shape index (κ3) is 6.89. The highest BCUT2D eigenvalue weighted by Crippen LogP contribution is 2.21.